The summed E-state index contributed by atoms with van der Waals surface area (Å²) in [7, 11) is 0. The number of aromatic nitrogens is 1. The van der Waals surface area contributed by atoms with E-state index in [4.69, 9.17) is 4.99 Å². The monoisotopic (exact) mass is 453 g/mol. The normalized spacial score (nSPS) is 22.1. The van der Waals surface area contributed by atoms with Crippen molar-refractivity contribution in [1.82, 2.24) is 4.98 Å². The molecule has 5 nitrogen and oxygen atoms in total. The number of allylic oxidation sites excluding steroid dienone is 2. The summed E-state index contributed by atoms with van der Waals surface area (Å²) in [6.07, 6.45) is 4.37. The Morgan fingerprint density at radius 2 is 1.65 bits per heavy atom. The molecule has 6 heteroatoms. The second-order valence-electron chi connectivity index (χ2n) is 8.78. The van der Waals surface area contributed by atoms with E-state index < -0.39 is 11.8 Å². The number of Topliss-reactive ketones (excluding diaryl/α,β-unsaturated/α-hetero) is 1. The Kier molecular flexibility index (Phi) is 5.88. The number of hydrogen-bond acceptors (Lipinski definition) is 4. The van der Waals surface area contributed by atoms with E-state index in [1.54, 1.807) is 12.4 Å². The number of amides is 1. The summed E-state index contributed by atoms with van der Waals surface area (Å²) in [5, 5.41) is 2.88. The molecule has 3 aromatic rings. The van der Waals surface area contributed by atoms with E-state index in [0.717, 1.165) is 16.8 Å². The number of ketones is 1. The molecule has 2 aliphatic rings. The summed E-state index contributed by atoms with van der Waals surface area (Å²) < 4.78 is 13.3. The van der Waals surface area contributed by atoms with Crippen LogP contribution in [0.2, 0.25) is 0 Å². The molecule has 0 saturated heterocycles. The van der Waals surface area contributed by atoms with Crippen LogP contribution in [0, 0.1) is 11.7 Å². The van der Waals surface area contributed by atoms with E-state index in [0.29, 0.717) is 29.8 Å². The molecular formula is C28H24FN3O2. The van der Waals surface area contributed by atoms with E-state index in [1.165, 1.54) is 24.3 Å². The summed E-state index contributed by atoms with van der Waals surface area (Å²) in [5.41, 5.74) is 4.49. The number of aliphatic imine (C=N–C) groups is 1. The van der Waals surface area contributed by atoms with Gasteiger partial charge in [0, 0.05) is 47.4 Å². The van der Waals surface area contributed by atoms with Gasteiger partial charge in [-0.3, -0.25) is 19.6 Å². The topological polar surface area (TPSA) is 71.4 Å². The van der Waals surface area contributed by atoms with Gasteiger partial charge >= 0.3 is 0 Å². The number of halogens is 1. The molecule has 34 heavy (non-hydrogen) atoms. The molecular weight excluding hydrogens is 429 g/mol. The number of anilines is 1. The van der Waals surface area contributed by atoms with Crippen LogP contribution in [0.15, 0.2) is 95.4 Å². The first-order chi connectivity index (χ1) is 16.5. The summed E-state index contributed by atoms with van der Waals surface area (Å²) in [6.45, 7) is 1.84. The summed E-state index contributed by atoms with van der Waals surface area (Å²) in [6, 6.07) is 19.3. The van der Waals surface area contributed by atoms with E-state index >= 15 is 0 Å². The third-order valence-electron chi connectivity index (χ3n) is 6.62. The second-order valence-corrected chi connectivity index (χ2v) is 8.78. The number of nitrogens with one attached hydrogen (secondary N) is 1. The Balaban J connectivity index is 1.54. The molecule has 1 aliphatic heterocycles. The van der Waals surface area contributed by atoms with Crippen LogP contribution in [0.5, 0.6) is 0 Å². The standard InChI is InChI=1S/C28H24FN3O2/c1-17-25(28(34)32-22-9-7-21(29)8-10-22)26(19-11-13-30-14-12-19)27-23(31-17)15-20(16-24(27)33)18-5-3-2-4-6-18/h2-14,20,25-26H,15-16H2,1H3,(H,32,34)/t20-,25?,26+/m0/s1. The molecule has 0 saturated carbocycles. The van der Waals surface area contributed by atoms with Crippen LogP contribution in [-0.4, -0.2) is 22.4 Å². The van der Waals surface area contributed by atoms with Crippen LogP contribution < -0.4 is 5.32 Å². The van der Waals surface area contributed by atoms with Crippen LogP contribution in [0.1, 0.15) is 42.7 Å². The summed E-state index contributed by atoms with van der Waals surface area (Å²) in [5.74, 6) is -1.69. The number of pyridine rings is 1. The van der Waals surface area contributed by atoms with Gasteiger partial charge in [-0.25, -0.2) is 4.39 Å². The van der Waals surface area contributed by atoms with Crippen molar-refractivity contribution in [1.29, 1.82) is 0 Å². The Hall–Kier alpha value is -3.93. The third-order valence-corrected chi connectivity index (χ3v) is 6.62. The largest absolute Gasteiger partial charge is 0.325 e. The van der Waals surface area contributed by atoms with E-state index in [-0.39, 0.29) is 23.4 Å². The molecule has 2 aromatic carbocycles. The van der Waals surface area contributed by atoms with Crippen molar-refractivity contribution in [2.75, 3.05) is 5.32 Å². The molecule has 1 aliphatic carbocycles. The van der Waals surface area contributed by atoms with Gasteiger partial charge in [0.2, 0.25) is 5.91 Å². The Bertz CT molecular complexity index is 1280. The predicted molar refractivity (Wildman–Crippen MR) is 129 cm³/mol. The number of nitrogens with zero attached hydrogens (tertiary/aromatic N) is 2. The van der Waals surface area contributed by atoms with Crippen LogP contribution in [0.4, 0.5) is 10.1 Å². The average Bonchev–Trinajstić information content (AvgIpc) is 2.85. The first-order valence-corrected chi connectivity index (χ1v) is 11.3. The lowest BCUT2D eigenvalue weighted by Crippen LogP contribution is -2.39. The molecule has 0 fully saturated rings. The van der Waals surface area contributed by atoms with Gasteiger partial charge in [-0.2, -0.15) is 0 Å². The number of hydrogen-bond donors (Lipinski definition) is 1. The van der Waals surface area contributed by atoms with Gasteiger partial charge in [0.15, 0.2) is 5.78 Å². The zero-order valence-corrected chi connectivity index (χ0v) is 18.7. The van der Waals surface area contributed by atoms with Gasteiger partial charge in [0.05, 0.1) is 5.92 Å². The molecule has 1 unspecified atom stereocenters. The minimum absolute atomic E-state index is 0.0211. The molecule has 0 bridgehead atoms. The molecule has 0 spiro atoms. The van der Waals surface area contributed by atoms with Crippen LogP contribution in [0.3, 0.4) is 0 Å². The lowest BCUT2D eigenvalue weighted by molar-refractivity contribution is -0.119. The van der Waals surface area contributed by atoms with Crippen molar-refractivity contribution in [2.45, 2.75) is 31.6 Å². The number of carbonyl (C=O) groups excluding carboxylic acids is 2. The third kappa shape index (κ3) is 4.19. The number of benzene rings is 2. The molecule has 2 heterocycles. The van der Waals surface area contributed by atoms with Gasteiger partial charge in [-0.15, -0.1) is 0 Å². The van der Waals surface area contributed by atoms with Gasteiger partial charge in [-0.05, 0) is 66.8 Å². The molecule has 1 aromatic heterocycles. The van der Waals surface area contributed by atoms with Crippen molar-refractivity contribution in [3.63, 3.8) is 0 Å². The van der Waals surface area contributed by atoms with Gasteiger partial charge in [-0.1, -0.05) is 30.3 Å². The maximum Gasteiger partial charge on any atom is 0.234 e. The maximum absolute atomic E-state index is 13.6. The average molecular weight is 454 g/mol. The number of rotatable bonds is 4. The highest BCUT2D eigenvalue weighted by molar-refractivity contribution is 6.13. The van der Waals surface area contributed by atoms with E-state index in [1.807, 2.05) is 49.4 Å². The molecule has 3 atom stereocenters. The van der Waals surface area contributed by atoms with Crippen molar-refractivity contribution < 1.29 is 14.0 Å². The highest BCUT2D eigenvalue weighted by atomic mass is 19.1. The zero-order valence-electron chi connectivity index (χ0n) is 18.7. The van der Waals surface area contributed by atoms with Crippen molar-refractivity contribution in [3.05, 3.63) is 107 Å². The molecule has 5 rings (SSSR count). The smallest absolute Gasteiger partial charge is 0.234 e. The SMILES string of the molecule is CC1=NC2=C(C(=O)C[C@@H](c3ccccc3)C2)[C@H](c2ccncc2)C1C(=O)Nc1ccc(F)cc1. The zero-order chi connectivity index (χ0) is 23.7. The van der Waals surface area contributed by atoms with Gasteiger partial charge in [0.25, 0.3) is 0 Å². The van der Waals surface area contributed by atoms with Gasteiger partial charge in [0.1, 0.15) is 5.82 Å². The quantitative estimate of drug-likeness (QED) is 0.572. The Morgan fingerprint density at radius 1 is 0.941 bits per heavy atom. The summed E-state index contributed by atoms with van der Waals surface area (Å²) in [4.78, 5) is 35.9. The highest BCUT2D eigenvalue weighted by Crippen LogP contribution is 2.46. The van der Waals surface area contributed by atoms with Crippen molar-refractivity contribution in [3.8, 4) is 0 Å². The lowest BCUT2D eigenvalue weighted by atomic mass is 9.69. The first-order valence-electron chi connectivity index (χ1n) is 11.3. The van der Waals surface area contributed by atoms with Crippen molar-refractivity contribution >= 4 is 23.1 Å². The van der Waals surface area contributed by atoms with Crippen LogP contribution in [-0.2, 0) is 9.59 Å². The van der Waals surface area contributed by atoms with Crippen molar-refractivity contribution in [2.24, 2.45) is 10.9 Å². The lowest BCUT2D eigenvalue weighted by Gasteiger charge is -2.37. The Labute approximate surface area is 197 Å². The van der Waals surface area contributed by atoms with E-state index in [9.17, 15) is 14.0 Å². The predicted octanol–water partition coefficient (Wildman–Crippen LogP) is 5.43. The molecule has 1 N–H and O–H groups in total. The first kappa shape index (κ1) is 21.9. The molecule has 170 valence electrons. The van der Waals surface area contributed by atoms with E-state index in [2.05, 4.69) is 10.3 Å². The van der Waals surface area contributed by atoms with Crippen LogP contribution in [0.25, 0.3) is 0 Å². The molecule has 0 radical (unpaired) electrons. The fourth-order valence-corrected chi connectivity index (χ4v) is 5.04. The minimum atomic E-state index is -0.663. The fourth-order valence-electron chi connectivity index (χ4n) is 5.04. The summed E-state index contributed by atoms with van der Waals surface area (Å²) >= 11 is 0. The van der Waals surface area contributed by atoms with Gasteiger partial charge < -0.3 is 5.32 Å². The highest BCUT2D eigenvalue weighted by Gasteiger charge is 2.44. The Morgan fingerprint density at radius 3 is 2.35 bits per heavy atom. The fraction of sp³-hybridized carbons (Fsp3) is 0.214. The number of carbonyl (C=O) groups is 2. The molecule has 1 amide bonds. The van der Waals surface area contributed by atoms with Crippen LogP contribution >= 0.6 is 0 Å². The second kappa shape index (κ2) is 9.14. The minimum Gasteiger partial charge on any atom is -0.325 e. The maximum atomic E-state index is 13.6.